The van der Waals surface area contributed by atoms with Crippen molar-refractivity contribution >= 4 is 27.5 Å². The maximum absolute atomic E-state index is 13.3. The molecule has 8 heteroatoms. The number of carbonyl (C=O) groups excluding carboxylic acids is 1. The van der Waals surface area contributed by atoms with Crippen LogP contribution in [0.25, 0.3) is 21.3 Å². The van der Waals surface area contributed by atoms with Crippen LogP contribution in [0.5, 0.6) is 11.5 Å². The number of ether oxygens (including phenoxy) is 3. The van der Waals surface area contributed by atoms with Crippen molar-refractivity contribution in [1.82, 2.24) is 9.55 Å². The molecule has 182 valence electrons. The van der Waals surface area contributed by atoms with Crippen LogP contribution in [0.3, 0.4) is 0 Å². The van der Waals surface area contributed by atoms with E-state index < -0.39 is 5.97 Å². The van der Waals surface area contributed by atoms with Gasteiger partial charge in [0.2, 0.25) is 0 Å². The summed E-state index contributed by atoms with van der Waals surface area (Å²) in [5, 5.41) is 2.38. The minimum Gasteiger partial charge on any atom is -0.493 e. The van der Waals surface area contributed by atoms with Gasteiger partial charge in [-0.15, -0.1) is 11.3 Å². The molecular weight excluding hydrogens is 452 g/mol. The lowest BCUT2D eigenvalue weighted by Gasteiger charge is -2.36. The Labute approximate surface area is 203 Å². The van der Waals surface area contributed by atoms with Crippen LogP contribution in [-0.4, -0.2) is 35.8 Å². The first-order valence-electron chi connectivity index (χ1n) is 11.6. The Kier molecular flexibility index (Phi) is 6.98. The molecule has 0 saturated heterocycles. The van der Waals surface area contributed by atoms with Crippen molar-refractivity contribution in [2.75, 3.05) is 14.2 Å². The second-order valence-corrected chi connectivity index (χ2v) is 10.8. The molecule has 0 aliphatic heterocycles. The molecule has 0 atom stereocenters. The molecule has 2 aromatic heterocycles. The molecule has 0 unspecified atom stereocenters. The molecule has 1 saturated carbocycles. The Bertz CT molecular complexity index is 1230. The van der Waals surface area contributed by atoms with Gasteiger partial charge in [0.25, 0.3) is 5.56 Å². The number of hydrogen-bond acceptors (Lipinski definition) is 7. The number of fused-ring (bicyclic) bond motifs is 1. The number of thiophene rings is 1. The lowest BCUT2D eigenvalue weighted by molar-refractivity contribution is -0.152. The van der Waals surface area contributed by atoms with Crippen molar-refractivity contribution in [3.8, 4) is 22.6 Å². The highest BCUT2D eigenvalue weighted by Gasteiger charge is 2.31. The highest BCUT2D eigenvalue weighted by molar-refractivity contribution is 7.17. The summed E-state index contributed by atoms with van der Waals surface area (Å²) in [6.07, 6.45) is 5.19. The van der Waals surface area contributed by atoms with Crippen LogP contribution in [0, 0.1) is 11.3 Å². The molecule has 3 aromatic rings. The molecule has 0 amide bonds. The standard InChI is InChI=1S/C26H32N2O5S/c1-26(2,3)17-7-9-18(10-8-17)33-22(29)13-28-15-27-24-23(25(28)30)19(14-34-24)16-6-11-20(31-4)21(12-16)32-5/h6,11-12,14-15,17-18H,7-10,13H2,1-5H3. The Morgan fingerprint density at radius 3 is 2.47 bits per heavy atom. The van der Waals surface area contributed by atoms with Crippen LogP contribution in [0.1, 0.15) is 46.5 Å². The summed E-state index contributed by atoms with van der Waals surface area (Å²) >= 11 is 1.39. The topological polar surface area (TPSA) is 79.7 Å². The summed E-state index contributed by atoms with van der Waals surface area (Å²) < 4.78 is 17.8. The summed E-state index contributed by atoms with van der Waals surface area (Å²) in [6, 6.07) is 5.51. The molecule has 34 heavy (non-hydrogen) atoms. The zero-order valence-corrected chi connectivity index (χ0v) is 21.2. The molecule has 1 aliphatic carbocycles. The number of nitrogens with zero attached hydrogens (tertiary/aromatic N) is 2. The predicted molar refractivity (Wildman–Crippen MR) is 134 cm³/mol. The van der Waals surface area contributed by atoms with Gasteiger partial charge in [-0.05, 0) is 54.7 Å². The fourth-order valence-electron chi connectivity index (χ4n) is 4.71. The van der Waals surface area contributed by atoms with Gasteiger partial charge in [0.1, 0.15) is 17.5 Å². The monoisotopic (exact) mass is 484 g/mol. The van der Waals surface area contributed by atoms with E-state index >= 15 is 0 Å². The van der Waals surface area contributed by atoms with Crippen LogP contribution < -0.4 is 15.0 Å². The van der Waals surface area contributed by atoms with Gasteiger partial charge in [-0.3, -0.25) is 14.2 Å². The van der Waals surface area contributed by atoms with Crippen molar-refractivity contribution in [1.29, 1.82) is 0 Å². The Balaban J connectivity index is 1.52. The molecule has 4 rings (SSSR count). The van der Waals surface area contributed by atoms with Gasteiger partial charge in [-0.1, -0.05) is 26.8 Å². The maximum Gasteiger partial charge on any atom is 0.326 e. The first-order chi connectivity index (χ1) is 16.2. The molecular formula is C26H32N2O5S. The zero-order valence-electron chi connectivity index (χ0n) is 20.4. The quantitative estimate of drug-likeness (QED) is 0.442. The summed E-state index contributed by atoms with van der Waals surface area (Å²) in [5.41, 5.74) is 1.58. The third kappa shape index (κ3) is 4.97. The van der Waals surface area contributed by atoms with E-state index in [1.807, 2.05) is 17.5 Å². The van der Waals surface area contributed by atoms with E-state index in [4.69, 9.17) is 14.2 Å². The average molecular weight is 485 g/mol. The highest BCUT2D eigenvalue weighted by Crippen LogP contribution is 2.39. The number of aromatic nitrogens is 2. The minimum atomic E-state index is -0.398. The van der Waals surface area contributed by atoms with Gasteiger partial charge in [0, 0.05) is 10.9 Å². The lowest BCUT2D eigenvalue weighted by Crippen LogP contribution is -2.32. The van der Waals surface area contributed by atoms with Gasteiger partial charge in [-0.25, -0.2) is 4.98 Å². The van der Waals surface area contributed by atoms with Gasteiger partial charge in [0.15, 0.2) is 11.5 Å². The number of rotatable bonds is 6. The fraction of sp³-hybridized carbons (Fsp3) is 0.500. The molecule has 1 aliphatic rings. The second kappa shape index (κ2) is 9.78. The number of benzene rings is 1. The Morgan fingerprint density at radius 1 is 1.12 bits per heavy atom. The first-order valence-corrected chi connectivity index (χ1v) is 12.5. The number of esters is 1. The van der Waals surface area contributed by atoms with Crippen LogP contribution in [0.2, 0.25) is 0 Å². The first kappa shape index (κ1) is 24.3. The number of methoxy groups -OCH3 is 2. The average Bonchev–Trinajstić information content (AvgIpc) is 3.25. The zero-order chi connectivity index (χ0) is 24.5. The lowest BCUT2D eigenvalue weighted by atomic mass is 9.72. The molecule has 1 aromatic carbocycles. The normalized spacial score (nSPS) is 18.6. The van der Waals surface area contributed by atoms with Crippen molar-refractivity contribution in [2.45, 2.75) is 59.1 Å². The van der Waals surface area contributed by atoms with Crippen LogP contribution in [-0.2, 0) is 16.1 Å². The summed E-state index contributed by atoms with van der Waals surface area (Å²) in [4.78, 5) is 31.0. The SMILES string of the molecule is COc1ccc(-c2csc3ncn(CC(=O)OC4CCC(C(C)(C)C)CC4)c(=O)c23)cc1OC. The largest absolute Gasteiger partial charge is 0.493 e. The summed E-state index contributed by atoms with van der Waals surface area (Å²) in [6.45, 7) is 6.64. The van der Waals surface area contributed by atoms with E-state index in [-0.39, 0.29) is 23.6 Å². The predicted octanol–water partition coefficient (Wildman–Crippen LogP) is 5.29. The second-order valence-electron chi connectivity index (χ2n) is 9.91. The van der Waals surface area contributed by atoms with Crippen LogP contribution in [0.15, 0.2) is 34.7 Å². The third-order valence-electron chi connectivity index (χ3n) is 6.75. The number of hydrogen-bond donors (Lipinski definition) is 0. The van der Waals surface area contributed by atoms with Gasteiger partial charge in [-0.2, -0.15) is 0 Å². The minimum absolute atomic E-state index is 0.0815. The van der Waals surface area contributed by atoms with Crippen molar-refractivity contribution in [3.63, 3.8) is 0 Å². The summed E-state index contributed by atoms with van der Waals surface area (Å²) in [7, 11) is 3.15. The van der Waals surface area contributed by atoms with Crippen LogP contribution in [0.4, 0.5) is 0 Å². The van der Waals surface area contributed by atoms with E-state index in [9.17, 15) is 9.59 Å². The molecule has 1 fully saturated rings. The highest BCUT2D eigenvalue weighted by atomic mass is 32.1. The van der Waals surface area contributed by atoms with E-state index in [1.54, 1.807) is 20.3 Å². The molecule has 7 nitrogen and oxygen atoms in total. The molecule has 0 radical (unpaired) electrons. The number of carbonyl (C=O) groups is 1. The van der Waals surface area contributed by atoms with E-state index in [1.165, 1.54) is 22.2 Å². The molecule has 0 spiro atoms. The molecule has 2 heterocycles. The molecule has 0 bridgehead atoms. The maximum atomic E-state index is 13.3. The van der Waals surface area contributed by atoms with Gasteiger partial charge >= 0.3 is 5.97 Å². The van der Waals surface area contributed by atoms with Crippen LogP contribution >= 0.6 is 11.3 Å². The Hall–Kier alpha value is -2.87. The van der Waals surface area contributed by atoms with E-state index in [2.05, 4.69) is 25.8 Å². The van der Waals surface area contributed by atoms with Gasteiger partial charge < -0.3 is 14.2 Å². The third-order valence-corrected chi connectivity index (χ3v) is 7.64. The summed E-state index contributed by atoms with van der Waals surface area (Å²) in [5.74, 6) is 1.43. The molecule has 0 N–H and O–H groups in total. The van der Waals surface area contributed by atoms with Crippen molar-refractivity contribution in [2.24, 2.45) is 11.3 Å². The van der Waals surface area contributed by atoms with Gasteiger partial charge in [0.05, 0.1) is 25.9 Å². The van der Waals surface area contributed by atoms with E-state index in [0.717, 1.165) is 36.8 Å². The Morgan fingerprint density at radius 2 is 1.82 bits per heavy atom. The van der Waals surface area contributed by atoms with E-state index in [0.29, 0.717) is 27.6 Å². The smallest absolute Gasteiger partial charge is 0.326 e. The van der Waals surface area contributed by atoms with Crippen molar-refractivity contribution < 1.29 is 19.0 Å². The van der Waals surface area contributed by atoms with Crippen molar-refractivity contribution in [3.05, 3.63) is 40.3 Å². The fourth-order valence-corrected chi connectivity index (χ4v) is 5.61.